The molecule has 0 aromatic heterocycles. The SMILES string of the molecule is Fc1cc(-c2ccc3c(c2)CCC3N2CCCC2)ccc1C1CC1.O=CO. The van der Waals surface area contributed by atoms with Crippen LogP contribution in [0.5, 0.6) is 0 Å². The van der Waals surface area contributed by atoms with E-state index in [1.54, 1.807) is 6.07 Å². The molecule has 2 aromatic carbocycles. The number of aryl methyl sites for hydroxylation is 1. The highest BCUT2D eigenvalue weighted by atomic mass is 19.1. The monoisotopic (exact) mass is 367 g/mol. The summed E-state index contributed by atoms with van der Waals surface area (Å²) in [7, 11) is 0. The average molecular weight is 367 g/mol. The Morgan fingerprint density at radius 1 is 0.963 bits per heavy atom. The summed E-state index contributed by atoms with van der Waals surface area (Å²) in [5.41, 5.74) is 6.07. The minimum atomic E-state index is -0.250. The Bertz CT molecular complexity index is 825. The molecule has 2 fully saturated rings. The van der Waals surface area contributed by atoms with Gasteiger partial charge >= 0.3 is 0 Å². The van der Waals surface area contributed by atoms with E-state index in [1.165, 1.54) is 43.5 Å². The molecule has 0 radical (unpaired) electrons. The van der Waals surface area contributed by atoms with Crippen molar-refractivity contribution in [2.75, 3.05) is 13.1 Å². The van der Waals surface area contributed by atoms with E-state index in [1.807, 2.05) is 6.07 Å². The van der Waals surface area contributed by atoms with Crippen LogP contribution in [0.25, 0.3) is 11.1 Å². The number of carbonyl (C=O) groups is 1. The first-order chi connectivity index (χ1) is 13.2. The smallest absolute Gasteiger partial charge is 0.290 e. The maximum Gasteiger partial charge on any atom is 0.290 e. The molecule has 1 aliphatic heterocycles. The lowest BCUT2D eigenvalue weighted by Crippen LogP contribution is -2.23. The fraction of sp³-hybridized carbons (Fsp3) is 0.435. The van der Waals surface area contributed by atoms with Crippen molar-refractivity contribution in [1.29, 1.82) is 0 Å². The van der Waals surface area contributed by atoms with Gasteiger partial charge in [0.25, 0.3) is 6.47 Å². The first-order valence-corrected chi connectivity index (χ1v) is 9.96. The predicted octanol–water partition coefficient (Wildman–Crippen LogP) is 5.15. The third kappa shape index (κ3) is 3.77. The number of halogens is 1. The summed E-state index contributed by atoms with van der Waals surface area (Å²) < 4.78 is 14.4. The lowest BCUT2D eigenvalue weighted by atomic mass is 9.97. The second kappa shape index (κ2) is 7.81. The maximum absolute atomic E-state index is 14.4. The van der Waals surface area contributed by atoms with Gasteiger partial charge in [-0.1, -0.05) is 30.3 Å². The third-order valence-corrected chi connectivity index (χ3v) is 6.12. The van der Waals surface area contributed by atoms with E-state index < -0.39 is 0 Å². The highest BCUT2D eigenvalue weighted by Gasteiger charge is 2.30. The quantitative estimate of drug-likeness (QED) is 0.762. The molecular weight excluding hydrogens is 341 g/mol. The standard InChI is InChI=1S/C22H24FN.CH2O2/c23-21-14-17(5-8-19(21)15-3-4-15)16-6-9-20-18(13-16)7-10-22(20)24-11-1-2-12-24;2-1-3/h5-6,8-9,13-15,22H,1-4,7,10-12H2;1H,(H,2,3). The molecule has 3 aliphatic rings. The summed E-state index contributed by atoms with van der Waals surface area (Å²) in [5.74, 6) is 0.450. The summed E-state index contributed by atoms with van der Waals surface area (Å²) in [5, 5.41) is 6.89. The number of rotatable bonds is 3. The highest BCUT2D eigenvalue weighted by Crippen LogP contribution is 2.43. The summed E-state index contributed by atoms with van der Waals surface area (Å²) in [6, 6.07) is 13.3. The van der Waals surface area contributed by atoms with E-state index in [2.05, 4.69) is 29.2 Å². The zero-order chi connectivity index (χ0) is 18.8. The molecule has 1 unspecified atom stereocenters. The van der Waals surface area contributed by atoms with E-state index in [-0.39, 0.29) is 12.3 Å². The van der Waals surface area contributed by atoms with Crippen LogP contribution < -0.4 is 0 Å². The van der Waals surface area contributed by atoms with E-state index in [0.29, 0.717) is 12.0 Å². The van der Waals surface area contributed by atoms with Gasteiger partial charge in [0.05, 0.1) is 0 Å². The normalized spacial score (nSPS) is 21.4. The molecule has 0 amide bonds. The van der Waals surface area contributed by atoms with Crippen molar-refractivity contribution in [2.45, 2.75) is 50.5 Å². The van der Waals surface area contributed by atoms with Gasteiger partial charge in [0, 0.05) is 6.04 Å². The number of fused-ring (bicyclic) bond motifs is 1. The molecule has 0 bridgehead atoms. The molecule has 4 heteroatoms. The zero-order valence-corrected chi connectivity index (χ0v) is 15.5. The predicted molar refractivity (Wildman–Crippen MR) is 104 cm³/mol. The third-order valence-electron chi connectivity index (χ3n) is 6.12. The average Bonchev–Trinajstić information content (AvgIpc) is 3.19. The van der Waals surface area contributed by atoms with Crippen LogP contribution in [-0.4, -0.2) is 29.6 Å². The van der Waals surface area contributed by atoms with E-state index in [0.717, 1.165) is 36.0 Å². The molecule has 1 saturated carbocycles. The van der Waals surface area contributed by atoms with Crippen molar-refractivity contribution in [3.63, 3.8) is 0 Å². The van der Waals surface area contributed by atoms with Gasteiger partial charge in [0.15, 0.2) is 0 Å². The van der Waals surface area contributed by atoms with Gasteiger partial charge in [-0.15, -0.1) is 0 Å². The Morgan fingerprint density at radius 2 is 1.59 bits per heavy atom. The number of carboxylic acid groups (broad SMARTS) is 1. The van der Waals surface area contributed by atoms with Crippen molar-refractivity contribution >= 4 is 6.47 Å². The first-order valence-electron chi connectivity index (χ1n) is 9.96. The van der Waals surface area contributed by atoms with Gasteiger partial charge in [-0.3, -0.25) is 9.69 Å². The summed E-state index contributed by atoms with van der Waals surface area (Å²) in [4.78, 5) is 11.0. The fourth-order valence-corrected chi connectivity index (χ4v) is 4.64. The van der Waals surface area contributed by atoms with Gasteiger partial charge in [-0.25, -0.2) is 4.39 Å². The topological polar surface area (TPSA) is 40.5 Å². The summed E-state index contributed by atoms with van der Waals surface area (Å²) in [6.45, 7) is 2.25. The Morgan fingerprint density at radius 3 is 2.22 bits per heavy atom. The van der Waals surface area contributed by atoms with Gasteiger partial charge in [-0.2, -0.15) is 0 Å². The lowest BCUT2D eigenvalue weighted by molar-refractivity contribution is -0.122. The van der Waals surface area contributed by atoms with Crippen molar-refractivity contribution in [1.82, 2.24) is 4.90 Å². The number of benzene rings is 2. The van der Waals surface area contributed by atoms with Gasteiger partial charge in [0.2, 0.25) is 0 Å². The Hall–Kier alpha value is -2.20. The largest absolute Gasteiger partial charge is 0.483 e. The van der Waals surface area contributed by atoms with E-state index in [4.69, 9.17) is 9.90 Å². The second-order valence-corrected chi connectivity index (χ2v) is 7.83. The highest BCUT2D eigenvalue weighted by molar-refractivity contribution is 5.66. The van der Waals surface area contributed by atoms with Crippen molar-refractivity contribution in [3.05, 3.63) is 58.9 Å². The van der Waals surface area contributed by atoms with Crippen LogP contribution in [0, 0.1) is 5.82 Å². The molecule has 1 heterocycles. The molecule has 1 N–H and O–H groups in total. The molecule has 142 valence electrons. The van der Waals surface area contributed by atoms with E-state index in [9.17, 15) is 4.39 Å². The summed E-state index contributed by atoms with van der Waals surface area (Å²) in [6.07, 6.45) is 7.38. The number of nitrogens with zero attached hydrogens (tertiary/aromatic N) is 1. The number of likely N-dealkylation sites (tertiary alicyclic amines) is 1. The Kier molecular flexibility index (Phi) is 5.26. The maximum atomic E-state index is 14.4. The van der Waals surface area contributed by atoms with Gasteiger partial charge in [0.1, 0.15) is 5.82 Å². The molecule has 2 aromatic rings. The van der Waals surface area contributed by atoms with E-state index >= 15 is 0 Å². The van der Waals surface area contributed by atoms with Gasteiger partial charge < -0.3 is 5.11 Å². The van der Waals surface area contributed by atoms with Crippen LogP contribution in [0.15, 0.2) is 36.4 Å². The molecule has 27 heavy (non-hydrogen) atoms. The minimum Gasteiger partial charge on any atom is -0.483 e. The van der Waals surface area contributed by atoms with Crippen molar-refractivity contribution in [2.24, 2.45) is 0 Å². The minimum absolute atomic E-state index is 0.0227. The van der Waals surface area contributed by atoms with Crippen LogP contribution in [0.2, 0.25) is 0 Å². The Balaban J connectivity index is 0.000000565. The molecule has 2 aliphatic carbocycles. The Labute approximate surface area is 159 Å². The number of hydrogen-bond acceptors (Lipinski definition) is 2. The molecule has 3 nitrogen and oxygen atoms in total. The molecule has 0 spiro atoms. The molecule has 1 atom stereocenters. The summed E-state index contributed by atoms with van der Waals surface area (Å²) >= 11 is 0. The fourth-order valence-electron chi connectivity index (χ4n) is 4.64. The van der Waals surface area contributed by atoms with Crippen LogP contribution in [-0.2, 0) is 11.2 Å². The molecule has 1 saturated heterocycles. The van der Waals surface area contributed by atoms with Crippen LogP contribution >= 0.6 is 0 Å². The van der Waals surface area contributed by atoms with Crippen molar-refractivity contribution < 1.29 is 14.3 Å². The first kappa shape index (κ1) is 18.2. The van der Waals surface area contributed by atoms with Crippen LogP contribution in [0.1, 0.15) is 60.8 Å². The van der Waals surface area contributed by atoms with Crippen molar-refractivity contribution in [3.8, 4) is 11.1 Å². The zero-order valence-electron chi connectivity index (χ0n) is 15.5. The second-order valence-electron chi connectivity index (χ2n) is 7.83. The van der Waals surface area contributed by atoms with Crippen LogP contribution in [0.3, 0.4) is 0 Å². The van der Waals surface area contributed by atoms with Crippen LogP contribution in [0.4, 0.5) is 4.39 Å². The molecular formula is C23H26FNO2. The lowest BCUT2D eigenvalue weighted by Gasteiger charge is -2.24. The van der Waals surface area contributed by atoms with Gasteiger partial charge in [-0.05, 0) is 91.4 Å². The molecule has 5 rings (SSSR count). The number of hydrogen-bond donors (Lipinski definition) is 1.